The molecule has 76 valence electrons. The Morgan fingerprint density at radius 2 is 2.14 bits per heavy atom. The molecule has 0 aliphatic heterocycles. The van der Waals surface area contributed by atoms with Gasteiger partial charge in [-0.1, -0.05) is 0 Å². The van der Waals surface area contributed by atoms with Crippen LogP contribution in [0.2, 0.25) is 0 Å². The first-order valence-electron chi connectivity index (χ1n) is 4.29. The lowest BCUT2D eigenvalue weighted by molar-refractivity contribution is 0.0968. The maximum Gasteiger partial charge on any atom is 0.181 e. The van der Waals surface area contributed by atoms with Crippen LogP contribution in [0, 0.1) is 0 Å². The van der Waals surface area contributed by atoms with E-state index in [9.17, 15) is 4.79 Å². The number of hydrogen-bond donors (Lipinski definition) is 2. The highest BCUT2D eigenvalue weighted by Gasteiger charge is 2.14. The number of carbonyl (C=O) groups excluding carboxylic acids is 1. The fourth-order valence-electron chi connectivity index (χ4n) is 1.12. The average molecular weight is 194 g/mol. The highest BCUT2D eigenvalue weighted by molar-refractivity contribution is 6.04. The molecule has 0 aliphatic carbocycles. The number of ketones is 1. The van der Waals surface area contributed by atoms with Gasteiger partial charge in [0, 0.05) is 11.3 Å². The fraction of sp³-hybridized carbons (Fsp3) is 0.300. The van der Waals surface area contributed by atoms with Crippen molar-refractivity contribution in [1.82, 2.24) is 0 Å². The van der Waals surface area contributed by atoms with E-state index >= 15 is 0 Å². The zero-order valence-electron chi connectivity index (χ0n) is 8.28. The van der Waals surface area contributed by atoms with Crippen LogP contribution in [0.25, 0.3) is 0 Å². The van der Waals surface area contributed by atoms with E-state index in [1.165, 1.54) is 7.11 Å². The molecule has 0 saturated carbocycles. The van der Waals surface area contributed by atoms with Gasteiger partial charge in [0.1, 0.15) is 5.75 Å². The molecule has 1 aromatic rings. The van der Waals surface area contributed by atoms with Gasteiger partial charge in [0.25, 0.3) is 0 Å². The number of benzene rings is 1. The Hall–Kier alpha value is -1.55. The fourth-order valence-corrected chi connectivity index (χ4v) is 1.12. The molecule has 0 amide bonds. The first kappa shape index (κ1) is 10.5. The number of methoxy groups -OCH3 is 1. The van der Waals surface area contributed by atoms with Gasteiger partial charge in [-0.25, -0.2) is 0 Å². The molecule has 4 nitrogen and oxygen atoms in total. The standard InChI is InChI=1S/C10H14N2O2/c1-6(11)10(13)8-5-7(14-2)3-4-9(8)12/h3-6H,11-12H2,1-2H3. The average Bonchev–Trinajstić information content (AvgIpc) is 2.17. The van der Waals surface area contributed by atoms with Crippen molar-refractivity contribution >= 4 is 11.5 Å². The van der Waals surface area contributed by atoms with Crippen LogP contribution >= 0.6 is 0 Å². The maximum absolute atomic E-state index is 11.6. The molecule has 4 N–H and O–H groups in total. The summed E-state index contributed by atoms with van der Waals surface area (Å²) in [5, 5.41) is 0. The van der Waals surface area contributed by atoms with E-state index in [0.717, 1.165) is 0 Å². The van der Waals surface area contributed by atoms with Crippen molar-refractivity contribution in [2.75, 3.05) is 12.8 Å². The molecule has 4 heteroatoms. The predicted octanol–water partition coefficient (Wildman–Crippen LogP) is 0.807. The van der Waals surface area contributed by atoms with Gasteiger partial charge >= 0.3 is 0 Å². The van der Waals surface area contributed by atoms with Crippen LogP contribution in [-0.4, -0.2) is 18.9 Å². The maximum atomic E-state index is 11.6. The van der Waals surface area contributed by atoms with Crippen LogP contribution in [-0.2, 0) is 0 Å². The van der Waals surface area contributed by atoms with Crippen LogP contribution in [0.5, 0.6) is 5.75 Å². The van der Waals surface area contributed by atoms with Crippen molar-refractivity contribution in [2.45, 2.75) is 13.0 Å². The van der Waals surface area contributed by atoms with Crippen molar-refractivity contribution in [1.29, 1.82) is 0 Å². The molecule has 1 atom stereocenters. The third-order valence-corrected chi connectivity index (χ3v) is 1.94. The highest BCUT2D eigenvalue weighted by atomic mass is 16.5. The van der Waals surface area contributed by atoms with Gasteiger partial charge in [0.2, 0.25) is 0 Å². The van der Waals surface area contributed by atoms with E-state index < -0.39 is 6.04 Å². The Kier molecular flexibility index (Phi) is 3.09. The van der Waals surface area contributed by atoms with Crippen LogP contribution in [0.1, 0.15) is 17.3 Å². The highest BCUT2D eigenvalue weighted by Crippen LogP contribution is 2.20. The summed E-state index contributed by atoms with van der Waals surface area (Å²) in [7, 11) is 1.53. The zero-order valence-corrected chi connectivity index (χ0v) is 8.28. The minimum Gasteiger partial charge on any atom is -0.497 e. The van der Waals surface area contributed by atoms with Crippen molar-refractivity contribution in [3.63, 3.8) is 0 Å². The number of rotatable bonds is 3. The second kappa shape index (κ2) is 4.11. The summed E-state index contributed by atoms with van der Waals surface area (Å²) in [5.41, 5.74) is 12.0. The molecule has 0 aromatic heterocycles. The van der Waals surface area contributed by atoms with E-state index in [1.807, 2.05) is 0 Å². The molecular weight excluding hydrogens is 180 g/mol. The second-order valence-electron chi connectivity index (χ2n) is 3.11. The van der Waals surface area contributed by atoms with Gasteiger partial charge in [-0.05, 0) is 25.1 Å². The Labute approximate surface area is 82.8 Å². The number of Topliss-reactive ketones (excluding diaryl/α,β-unsaturated/α-hetero) is 1. The SMILES string of the molecule is COc1ccc(N)c(C(=O)C(C)N)c1. The molecule has 1 unspecified atom stereocenters. The smallest absolute Gasteiger partial charge is 0.181 e. The van der Waals surface area contributed by atoms with Crippen molar-refractivity contribution in [2.24, 2.45) is 5.73 Å². The van der Waals surface area contributed by atoms with Crippen molar-refractivity contribution < 1.29 is 9.53 Å². The number of anilines is 1. The minimum absolute atomic E-state index is 0.179. The lowest BCUT2D eigenvalue weighted by Gasteiger charge is -2.09. The van der Waals surface area contributed by atoms with E-state index in [1.54, 1.807) is 25.1 Å². The molecule has 0 fully saturated rings. The topological polar surface area (TPSA) is 78.3 Å². The molecule has 1 rings (SSSR count). The van der Waals surface area contributed by atoms with Crippen LogP contribution < -0.4 is 16.2 Å². The summed E-state index contributed by atoms with van der Waals surface area (Å²) in [6.07, 6.45) is 0. The largest absolute Gasteiger partial charge is 0.497 e. The number of ether oxygens (including phenoxy) is 1. The molecule has 0 heterocycles. The van der Waals surface area contributed by atoms with Crippen molar-refractivity contribution in [3.8, 4) is 5.75 Å². The number of nitrogen functional groups attached to an aromatic ring is 1. The first-order chi connectivity index (χ1) is 6.56. The Balaban J connectivity index is 3.12. The first-order valence-corrected chi connectivity index (χ1v) is 4.29. The predicted molar refractivity (Wildman–Crippen MR) is 55.4 cm³/mol. The summed E-state index contributed by atoms with van der Waals surface area (Å²) in [6.45, 7) is 1.63. The van der Waals surface area contributed by atoms with E-state index in [2.05, 4.69) is 0 Å². The Morgan fingerprint density at radius 1 is 1.50 bits per heavy atom. The van der Waals surface area contributed by atoms with Gasteiger partial charge < -0.3 is 16.2 Å². The monoisotopic (exact) mass is 194 g/mol. The minimum atomic E-state index is -0.551. The summed E-state index contributed by atoms with van der Waals surface area (Å²) in [6, 6.07) is 4.38. The lowest BCUT2D eigenvalue weighted by Crippen LogP contribution is -2.27. The molecule has 0 radical (unpaired) electrons. The number of hydrogen-bond acceptors (Lipinski definition) is 4. The summed E-state index contributed by atoms with van der Waals surface area (Å²) < 4.78 is 4.99. The molecule has 0 spiro atoms. The van der Waals surface area contributed by atoms with E-state index in [0.29, 0.717) is 17.0 Å². The number of nitrogens with two attached hydrogens (primary N) is 2. The van der Waals surface area contributed by atoms with E-state index in [4.69, 9.17) is 16.2 Å². The zero-order chi connectivity index (χ0) is 10.7. The summed E-state index contributed by atoms with van der Waals surface area (Å²) in [5.74, 6) is 0.421. The molecule has 0 saturated heterocycles. The van der Waals surface area contributed by atoms with Gasteiger partial charge in [0.05, 0.1) is 13.2 Å². The molecule has 0 aliphatic rings. The molecule has 0 bridgehead atoms. The Morgan fingerprint density at radius 3 is 2.64 bits per heavy atom. The van der Waals surface area contributed by atoms with Crippen LogP contribution in [0.4, 0.5) is 5.69 Å². The molecule has 14 heavy (non-hydrogen) atoms. The third kappa shape index (κ3) is 2.03. The molecular formula is C10H14N2O2. The van der Waals surface area contributed by atoms with E-state index in [-0.39, 0.29) is 5.78 Å². The third-order valence-electron chi connectivity index (χ3n) is 1.94. The second-order valence-corrected chi connectivity index (χ2v) is 3.11. The van der Waals surface area contributed by atoms with Crippen molar-refractivity contribution in [3.05, 3.63) is 23.8 Å². The van der Waals surface area contributed by atoms with Crippen LogP contribution in [0.15, 0.2) is 18.2 Å². The van der Waals surface area contributed by atoms with Gasteiger partial charge in [-0.3, -0.25) is 4.79 Å². The lowest BCUT2D eigenvalue weighted by atomic mass is 10.0. The quantitative estimate of drug-likeness (QED) is 0.551. The number of carbonyl (C=O) groups is 1. The van der Waals surface area contributed by atoms with Gasteiger partial charge in [-0.2, -0.15) is 0 Å². The van der Waals surface area contributed by atoms with Crippen LogP contribution in [0.3, 0.4) is 0 Å². The molecule has 1 aromatic carbocycles. The van der Waals surface area contributed by atoms with Gasteiger partial charge in [0.15, 0.2) is 5.78 Å². The summed E-state index contributed by atoms with van der Waals surface area (Å²) >= 11 is 0. The normalized spacial score (nSPS) is 12.2. The van der Waals surface area contributed by atoms with Gasteiger partial charge in [-0.15, -0.1) is 0 Å². The summed E-state index contributed by atoms with van der Waals surface area (Å²) in [4.78, 5) is 11.6. The Bertz CT molecular complexity index is 348.